The number of nitrogens with one attached hydrogen (secondary N) is 1. The molecule has 4 rings (SSSR count). The SMILES string of the molecule is O=C1NC(c2ccc(Br)cc2OCc2ccccc2)[C@H]1CCC(O)c1ccc(F)cc1. The lowest BCUT2D eigenvalue weighted by atomic mass is 9.80. The van der Waals surface area contributed by atoms with Gasteiger partial charge in [0.25, 0.3) is 0 Å². The lowest BCUT2D eigenvalue weighted by Gasteiger charge is -2.38. The molecule has 0 aromatic heterocycles. The molecule has 1 heterocycles. The van der Waals surface area contributed by atoms with Crippen molar-refractivity contribution < 1.29 is 19.0 Å². The highest BCUT2D eigenvalue weighted by atomic mass is 79.9. The van der Waals surface area contributed by atoms with Crippen LogP contribution in [-0.2, 0) is 11.4 Å². The number of carbonyl (C=O) groups excluding carboxylic acids is 1. The Bertz CT molecular complexity index is 1040. The van der Waals surface area contributed by atoms with Crippen molar-refractivity contribution in [2.75, 3.05) is 0 Å². The van der Waals surface area contributed by atoms with Crippen molar-refractivity contribution in [2.24, 2.45) is 5.92 Å². The van der Waals surface area contributed by atoms with E-state index < -0.39 is 6.10 Å². The quantitative estimate of drug-likeness (QED) is 0.417. The molecule has 3 aromatic rings. The standard InChI is InChI=1S/C25H23BrFNO3/c26-18-8-11-20(23(14-18)31-15-16-4-2-1-3-5-16)24-21(25(30)28-24)12-13-22(29)17-6-9-19(27)10-7-17/h1-11,14,21-22,24,29H,12-13,15H2,(H,28,30)/t21-,22?,24?/m1/s1. The average Bonchev–Trinajstić information content (AvgIpc) is 2.77. The van der Waals surface area contributed by atoms with E-state index >= 15 is 0 Å². The zero-order chi connectivity index (χ0) is 21.8. The molecule has 1 fully saturated rings. The number of amides is 1. The first-order valence-electron chi connectivity index (χ1n) is 10.2. The predicted octanol–water partition coefficient (Wildman–Crippen LogP) is 5.47. The van der Waals surface area contributed by atoms with Gasteiger partial charge in [0.2, 0.25) is 5.91 Å². The lowest BCUT2D eigenvalue weighted by Crippen LogP contribution is -2.51. The van der Waals surface area contributed by atoms with Crippen molar-refractivity contribution in [3.05, 3.63) is 99.8 Å². The number of β-lactam (4-membered cyclic amide) rings is 1. The van der Waals surface area contributed by atoms with E-state index in [1.54, 1.807) is 12.1 Å². The van der Waals surface area contributed by atoms with Crippen LogP contribution >= 0.6 is 15.9 Å². The maximum absolute atomic E-state index is 13.1. The minimum Gasteiger partial charge on any atom is -0.489 e. The van der Waals surface area contributed by atoms with E-state index in [4.69, 9.17) is 4.74 Å². The molecule has 0 bridgehead atoms. The number of aliphatic hydroxyl groups excluding tert-OH is 1. The summed E-state index contributed by atoms with van der Waals surface area (Å²) in [5, 5.41) is 13.4. The Kier molecular flexibility index (Phi) is 6.68. The zero-order valence-electron chi connectivity index (χ0n) is 16.8. The Morgan fingerprint density at radius 1 is 1.06 bits per heavy atom. The van der Waals surface area contributed by atoms with Gasteiger partial charge in [-0.25, -0.2) is 4.39 Å². The smallest absolute Gasteiger partial charge is 0.226 e. The van der Waals surface area contributed by atoms with Crippen LogP contribution < -0.4 is 10.1 Å². The van der Waals surface area contributed by atoms with Crippen LogP contribution in [0.1, 0.15) is 41.7 Å². The van der Waals surface area contributed by atoms with E-state index in [-0.39, 0.29) is 23.7 Å². The Morgan fingerprint density at radius 2 is 1.81 bits per heavy atom. The molecule has 0 spiro atoms. The first kappa shape index (κ1) is 21.5. The molecular formula is C25H23BrFNO3. The third kappa shape index (κ3) is 5.14. The third-order valence-corrected chi connectivity index (χ3v) is 6.08. The Morgan fingerprint density at radius 3 is 2.52 bits per heavy atom. The molecule has 0 saturated carbocycles. The van der Waals surface area contributed by atoms with Gasteiger partial charge in [-0.1, -0.05) is 64.5 Å². The van der Waals surface area contributed by atoms with E-state index in [1.807, 2.05) is 48.5 Å². The van der Waals surface area contributed by atoms with Gasteiger partial charge in [0.15, 0.2) is 0 Å². The fourth-order valence-electron chi connectivity index (χ4n) is 3.82. The highest BCUT2D eigenvalue weighted by molar-refractivity contribution is 9.10. The maximum atomic E-state index is 13.1. The summed E-state index contributed by atoms with van der Waals surface area (Å²) in [7, 11) is 0. The Hall–Kier alpha value is -2.70. The molecule has 1 saturated heterocycles. The number of ether oxygens (including phenoxy) is 1. The van der Waals surface area contributed by atoms with Crippen molar-refractivity contribution in [3.8, 4) is 5.75 Å². The summed E-state index contributed by atoms with van der Waals surface area (Å²) < 4.78 is 20.1. The molecule has 1 amide bonds. The number of carbonyl (C=O) groups is 1. The van der Waals surface area contributed by atoms with Gasteiger partial charge in [0.1, 0.15) is 18.2 Å². The summed E-state index contributed by atoms with van der Waals surface area (Å²) in [6, 6.07) is 21.3. The first-order chi connectivity index (χ1) is 15.0. The molecule has 1 aliphatic heterocycles. The Labute approximate surface area is 189 Å². The topological polar surface area (TPSA) is 58.6 Å². The van der Waals surface area contributed by atoms with Crippen LogP contribution in [0, 0.1) is 11.7 Å². The molecule has 2 unspecified atom stereocenters. The molecule has 31 heavy (non-hydrogen) atoms. The van der Waals surface area contributed by atoms with Crippen LogP contribution in [0.4, 0.5) is 4.39 Å². The highest BCUT2D eigenvalue weighted by Crippen LogP contribution is 2.40. The number of rotatable bonds is 8. The zero-order valence-corrected chi connectivity index (χ0v) is 18.4. The number of hydrogen-bond acceptors (Lipinski definition) is 3. The average molecular weight is 484 g/mol. The van der Waals surface area contributed by atoms with Crippen LogP contribution in [0.25, 0.3) is 0 Å². The number of aliphatic hydroxyl groups is 1. The maximum Gasteiger partial charge on any atom is 0.226 e. The van der Waals surface area contributed by atoms with Crippen LogP contribution in [0.3, 0.4) is 0 Å². The van der Waals surface area contributed by atoms with Gasteiger partial charge in [-0.3, -0.25) is 4.79 Å². The number of halogens is 2. The van der Waals surface area contributed by atoms with Crippen molar-refractivity contribution in [2.45, 2.75) is 31.6 Å². The molecule has 0 radical (unpaired) electrons. The van der Waals surface area contributed by atoms with Crippen molar-refractivity contribution in [1.82, 2.24) is 5.32 Å². The van der Waals surface area contributed by atoms with Gasteiger partial charge in [0.05, 0.1) is 18.1 Å². The lowest BCUT2D eigenvalue weighted by molar-refractivity contribution is -0.136. The summed E-state index contributed by atoms with van der Waals surface area (Å²) in [5.41, 5.74) is 2.62. The third-order valence-electron chi connectivity index (χ3n) is 5.59. The Balaban J connectivity index is 1.44. The number of benzene rings is 3. The molecule has 4 nitrogen and oxygen atoms in total. The molecule has 0 aliphatic carbocycles. The van der Waals surface area contributed by atoms with Gasteiger partial charge >= 0.3 is 0 Å². The molecule has 160 valence electrons. The fraction of sp³-hybridized carbons (Fsp3) is 0.240. The van der Waals surface area contributed by atoms with Crippen LogP contribution in [-0.4, -0.2) is 11.0 Å². The van der Waals surface area contributed by atoms with Crippen molar-refractivity contribution in [3.63, 3.8) is 0 Å². The summed E-state index contributed by atoms with van der Waals surface area (Å²) >= 11 is 3.49. The van der Waals surface area contributed by atoms with E-state index in [9.17, 15) is 14.3 Å². The highest BCUT2D eigenvalue weighted by Gasteiger charge is 2.41. The van der Waals surface area contributed by atoms with Gasteiger partial charge in [-0.2, -0.15) is 0 Å². The van der Waals surface area contributed by atoms with E-state index in [1.165, 1.54) is 12.1 Å². The van der Waals surface area contributed by atoms with Crippen LogP contribution in [0.15, 0.2) is 77.3 Å². The van der Waals surface area contributed by atoms with E-state index in [0.29, 0.717) is 30.8 Å². The fourth-order valence-corrected chi connectivity index (χ4v) is 4.16. The van der Waals surface area contributed by atoms with Crippen molar-refractivity contribution in [1.29, 1.82) is 0 Å². The summed E-state index contributed by atoms with van der Waals surface area (Å²) in [4.78, 5) is 12.3. The van der Waals surface area contributed by atoms with Crippen LogP contribution in [0.2, 0.25) is 0 Å². The molecule has 3 aromatic carbocycles. The van der Waals surface area contributed by atoms with E-state index in [2.05, 4.69) is 21.2 Å². The van der Waals surface area contributed by atoms with Crippen LogP contribution in [0.5, 0.6) is 5.75 Å². The normalized spacial score (nSPS) is 18.7. The van der Waals surface area contributed by atoms with E-state index in [0.717, 1.165) is 15.6 Å². The summed E-state index contributed by atoms with van der Waals surface area (Å²) in [5.74, 6) is 0.0866. The second-order valence-electron chi connectivity index (χ2n) is 7.69. The molecule has 3 atom stereocenters. The summed E-state index contributed by atoms with van der Waals surface area (Å²) in [6.45, 7) is 0.429. The first-order valence-corrected chi connectivity index (χ1v) is 11.0. The largest absolute Gasteiger partial charge is 0.489 e. The molecular weight excluding hydrogens is 461 g/mol. The van der Waals surface area contributed by atoms with Gasteiger partial charge < -0.3 is 15.2 Å². The minimum atomic E-state index is -0.742. The molecule has 1 aliphatic rings. The van der Waals surface area contributed by atoms with Gasteiger partial charge in [0, 0.05) is 10.0 Å². The van der Waals surface area contributed by atoms with Gasteiger partial charge in [-0.05, 0) is 48.2 Å². The summed E-state index contributed by atoms with van der Waals surface area (Å²) in [6.07, 6.45) is 0.188. The monoisotopic (exact) mass is 483 g/mol. The molecule has 2 N–H and O–H groups in total. The minimum absolute atomic E-state index is 0.0340. The molecule has 6 heteroatoms. The van der Waals surface area contributed by atoms with Gasteiger partial charge in [-0.15, -0.1) is 0 Å². The second kappa shape index (κ2) is 9.62. The van der Waals surface area contributed by atoms with Crippen molar-refractivity contribution >= 4 is 21.8 Å². The number of hydrogen-bond donors (Lipinski definition) is 2. The predicted molar refractivity (Wildman–Crippen MR) is 120 cm³/mol. The second-order valence-corrected chi connectivity index (χ2v) is 8.61.